The fourth-order valence-electron chi connectivity index (χ4n) is 2.56. The Labute approximate surface area is 130 Å². The summed E-state index contributed by atoms with van der Waals surface area (Å²) >= 11 is 4.92. The van der Waals surface area contributed by atoms with E-state index in [-0.39, 0.29) is 22.4 Å². The third kappa shape index (κ3) is 3.42. The molecule has 1 aromatic rings. The van der Waals surface area contributed by atoms with Gasteiger partial charge in [-0.1, -0.05) is 24.4 Å². The van der Waals surface area contributed by atoms with Gasteiger partial charge in [-0.2, -0.15) is 4.31 Å². The molecule has 21 heavy (non-hydrogen) atoms. The van der Waals surface area contributed by atoms with E-state index in [1.54, 1.807) is 19.1 Å². The molecule has 0 aliphatic carbocycles. The lowest BCUT2D eigenvalue weighted by molar-refractivity contribution is 0.165. The number of aryl methyl sites for hydroxylation is 1. The minimum atomic E-state index is -3.58. The van der Waals surface area contributed by atoms with Crippen LogP contribution in [0.2, 0.25) is 0 Å². The summed E-state index contributed by atoms with van der Waals surface area (Å²) in [7, 11) is -3.58. The number of aliphatic hydroxyl groups is 1. The topological polar surface area (TPSA) is 83.6 Å². The predicted molar refractivity (Wildman–Crippen MR) is 85.6 cm³/mol. The van der Waals surface area contributed by atoms with E-state index in [1.165, 1.54) is 10.4 Å². The van der Waals surface area contributed by atoms with Crippen LogP contribution in [-0.2, 0) is 10.0 Å². The van der Waals surface area contributed by atoms with E-state index < -0.39 is 10.0 Å². The van der Waals surface area contributed by atoms with Crippen molar-refractivity contribution in [1.82, 2.24) is 4.31 Å². The molecule has 0 radical (unpaired) electrons. The summed E-state index contributed by atoms with van der Waals surface area (Å²) in [6, 6.07) is 4.98. The maximum atomic E-state index is 12.8. The summed E-state index contributed by atoms with van der Waals surface area (Å²) in [4.78, 5) is 0.421. The Morgan fingerprint density at radius 3 is 2.86 bits per heavy atom. The molecule has 1 unspecified atom stereocenters. The van der Waals surface area contributed by atoms with Crippen molar-refractivity contribution >= 4 is 27.2 Å². The zero-order valence-corrected chi connectivity index (χ0v) is 13.6. The summed E-state index contributed by atoms with van der Waals surface area (Å²) in [5, 5.41) is 9.26. The minimum absolute atomic E-state index is 0.00704. The first-order chi connectivity index (χ1) is 9.86. The molecule has 7 heteroatoms. The third-order valence-corrected chi connectivity index (χ3v) is 6.07. The molecule has 0 aromatic heterocycles. The molecule has 2 rings (SSSR count). The molecule has 5 nitrogen and oxygen atoms in total. The highest BCUT2D eigenvalue weighted by atomic mass is 32.2. The average molecular weight is 328 g/mol. The Morgan fingerprint density at radius 2 is 2.24 bits per heavy atom. The van der Waals surface area contributed by atoms with Gasteiger partial charge in [-0.3, -0.25) is 0 Å². The van der Waals surface area contributed by atoms with Crippen LogP contribution in [0.4, 0.5) is 0 Å². The molecule has 1 aliphatic rings. The zero-order valence-electron chi connectivity index (χ0n) is 11.9. The first kappa shape index (κ1) is 16.4. The Morgan fingerprint density at radius 1 is 1.52 bits per heavy atom. The second-order valence-electron chi connectivity index (χ2n) is 5.40. The van der Waals surface area contributed by atoms with Gasteiger partial charge >= 0.3 is 0 Å². The standard InChI is InChI=1S/C14H20N2O3S2/c1-10-4-5-12(14(15)20)7-13(10)21(18,19)16-6-2-3-11(8-16)9-17/h4-5,7,11,17H,2-3,6,8-9H2,1H3,(H2,15,20). The number of nitrogens with zero attached hydrogens (tertiary/aromatic N) is 1. The number of sulfonamides is 1. The van der Waals surface area contributed by atoms with Crippen LogP contribution in [-0.4, -0.2) is 42.5 Å². The molecule has 1 saturated heterocycles. The highest BCUT2D eigenvalue weighted by molar-refractivity contribution is 7.89. The van der Waals surface area contributed by atoms with Crippen LogP contribution in [0.15, 0.2) is 23.1 Å². The van der Waals surface area contributed by atoms with E-state index in [2.05, 4.69) is 0 Å². The highest BCUT2D eigenvalue weighted by Crippen LogP contribution is 2.26. The number of rotatable bonds is 4. The van der Waals surface area contributed by atoms with Gasteiger partial charge < -0.3 is 10.8 Å². The Bertz CT molecular complexity index is 644. The molecule has 0 spiro atoms. The smallest absolute Gasteiger partial charge is 0.243 e. The van der Waals surface area contributed by atoms with Crippen molar-refractivity contribution in [2.75, 3.05) is 19.7 Å². The first-order valence-electron chi connectivity index (χ1n) is 6.87. The van der Waals surface area contributed by atoms with Crippen molar-refractivity contribution in [3.63, 3.8) is 0 Å². The second kappa shape index (κ2) is 6.39. The predicted octanol–water partition coefficient (Wildman–Crippen LogP) is 1.02. The maximum absolute atomic E-state index is 12.8. The van der Waals surface area contributed by atoms with Crippen LogP contribution in [0, 0.1) is 12.8 Å². The number of benzene rings is 1. The summed E-state index contributed by atoms with van der Waals surface area (Å²) in [6.07, 6.45) is 1.62. The quantitative estimate of drug-likeness (QED) is 0.806. The van der Waals surface area contributed by atoms with E-state index >= 15 is 0 Å². The number of nitrogens with two attached hydrogens (primary N) is 1. The van der Waals surface area contributed by atoms with Crippen LogP contribution < -0.4 is 5.73 Å². The molecule has 0 saturated carbocycles. The van der Waals surface area contributed by atoms with E-state index in [1.807, 2.05) is 0 Å². The SMILES string of the molecule is Cc1ccc(C(N)=S)cc1S(=O)(=O)N1CCCC(CO)C1. The van der Waals surface area contributed by atoms with Crippen LogP contribution in [0.25, 0.3) is 0 Å². The number of hydrogen-bond acceptors (Lipinski definition) is 4. The van der Waals surface area contributed by atoms with E-state index in [9.17, 15) is 13.5 Å². The molecule has 1 heterocycles. The summed E-state index contributed by atoms with van der Waals surface area (Å²) < 4.78 is 27.1. The van der Waals surface area contributed by atoms with Crippen molar-refractivity contribution in [1.29, 1.82) is 0 Å². The van der Waals surface area contributed by atoms with Crippen LogP contribution in [0.1, 0.15) is 24.0 Å². The van der Waals surface area contributed by atoms with Gasteiger partial charge in [-0.25, -0.2) is 8.42 Å². The largest absolute Gasteiger partial charge is 0.396 e. The van der Waals surface area contributed by atoms with Crippen LogP contribution >= 0.6 is 12.2 Å². The van der Waals surface area contributed by atoms with Crippen molar-refractivity contribution < 1.29 is 13.5 Å². The van der Waals surface area contributed by atoms with Gasteiger partial charge in [0.05, 0.1) is 4.90 Å². The van der Waals surface area contributed by atoms with Crippen LogP contribution in [0.3, 0.4) is 0 Å². The molecule has 1 fully saturated rings. The maximum Gasteiger partial charge on any atom is 0.243 e. The normalized spacial score (nSPS) is 20.4. The molecule has 1 atom stereocenters. The van der Waals surface area contributed by atoms with Gasteiger partial charge in [0.2, 0.25) is 10.0 Å². The lowest BCUT2D eigenvalue weighted by Crippen LogP contribution is -2.41. The van der Waals surface area contributed by atoms with Gasteiger partial charge in [0.1, 0.15) is 4.99 Å². The lowest BCUT2D eigenvalue weighted by atomic mass is 10.0. The summed E-state index contributed by atoms with van der Waals surface area (Å²) in [5.74, 6) is 0.00704. The fraction of sp³-hybridized carbons (Fsp3) is 0.500. The van der Waals surface area contributed by atoms with Crippen molar-refractivity contribution in [3.05, 3.63) is 29.3 Å². The summed E-state index contributed by atoms with van der Waals surface area (Å²) in [6.45, 7) is 2.60. The van der Waals surface area contributed by atoms with Gasteiger partial charge in [-0.05, 0) is 37.3 Å². The lowest BCUT2D eigenvalue weighted by Gasteiger charge is -2.31. The second-order valence-corrected chi connectivity index (χ2v) is 7.74. The van der Waals surface area contributed by atoms with Crippen molar-refractivity contribution in [2.24, 2.45) is 11.7 Å². The molecule has 3 N–H and O–H groups in total. The minimum Gasteiger partial charge on any atom is -0.396 e. The Balaban J connectivity index is 2.39. The van der Waals surface area contributed by atoms with Crippen molar-refractivity contribution in [3.8, 4) is 0 Å². The van der Waals surface area contributed by atoms with E-state index in [0.717, 1.165) is 12.8 Å². The van der Waals surface area contributed by atoms with Gasteiger partial charge in [0.25, 0.3) is 0 Å². The van der Waals surface area contributed by atoms with Gasteiger partial charge in [-0.15, -0.1) is 0 Å². The number of hydrogen-bond donors (Lipinski definition) is 2. The highest BCUT2D eigenvalue weighted by Gasteiger charge is 2.31. The summed E-state index contributed by atoms with van der Waals surface area (Å²) in [5.41, 5.74) is 6.80. The van der Waals surface area contributed by atoms with Gasteiger partial charge in [0.15, 0.2) is 0 Å². The molecule has 0 amide bonds. The third-order valence-electron chi connectivity index (χ3n) is 3.83. The molecule has 1 aromatic carbocycles. The Kier molecular flexibility index (Phi) is 4.98. The molecule has 0 bridgehead atoms. The fourth-order valence-corrected chi connectivity index (χ4v) is 4.50. The van der Waals surface area contributed by atoms with Crippen LogP contribution in [0.5, 0.6) is 0 Å². The van der Waals surface area contributed by atoms with E-state index in [0.29, 0.717) is 24.2 Å². The monoisotopic (exact) mass is 328 g/mol. The van der Waals surface area contributed by atoms with Gasteiger partial charge in [0, 0.05) is 25.3 Å². The molecule has 116 valence electrons. The molecular formula is C14H20N2O3S2. The number of piperidine rings is 1. The molecule has 1 aliphatic heterocycles. The zero-order chi connectivity index (χ0) is 15.6. The average Bonchev–Trinajstić information content (AvgIpc) is 2.47. The first-order valence-corrected chi connectivity index (χ1v) is 8.72. The van der Waals surface area contributed by atoms with Crippen molar-refractivity contribution in [2.45, 2.75) is 24.7 Å². The number of aliphatic hydroxyl groups excluding tert-OH is 1. The Hall–Kier alpha value is -1.02. The number of thiocarbonyl (C=S) groups is 1. The van der Waals surface area contributed by atoms with E-state index in [4.69, 9.17) is 18.0 Å². The molecular weight excluding hydrogens is 308 g/mol.